The van der Waals surface area contributed by atoms with Crippen molar-refractivity contribution < 1.29 is 9.53 Å². The van der Waals surface area contributed by atoms with Gasteiger partial charge in [0, 0.05) is 12.6 Å². The molecule has 2 rings (SSSR count). The number of hydrogen-bond donors (Lipinski definition) is 0. The van der Waals surface area contributed by atoms with Crippen molar-refractivity contribution in [2.75, 3.05) is 7.11 Å². The second-order valence-corrected chi connectivity index (χ2v) is 3.97. The van der Waals surface area contributed by atoms with Crippen LogP contribution in [0.3, 0.4) is 0 Å². The standard InChI is InChI=1S/C15H15NO2/c1-18-15-13(8-5-11-16-15)14(17)10-9-12-6-3-2-4-7-12/h2-8,11H,9-10H2,1H3. The Balaban J connectivity index is 2.04. The SMILES string of the molecule is COc1ncccc1C(=O)CCc1ccccc1. The Bertz CT molecular complexity index is 523. The van der Waals surface area contributed by atoms with Gasteiger partial charge in [-0.05, 0) is 24.1 Å². The van der Waals surface area contributed by atoms with Crippen molar-refractivity contribution in [1.29, 1.82) is 0 Å². The molecule has 0 unspecified atom stereocenters. The smallest absolute Gasteiger partial charge is 0.224 e. The van der Waals surface area contributed by atoms with Crippen LogP contribution in [0.15, 0.2) is 48.7 Å². The van der Waals surface area contributed by atoms with Crippen LogP contribution in [-0.4, -0.2) is 17.9 Å². The first-order valence-electron chi connectivity index (χ1n) is 5.87. The van der Waals surface area contributed by atoms with E-state index in [2.05, 4.69) is 4.98 Å². The minimum Gasteiger partial charge on any atom is -0.480 e. The number of nitrogens with zero attached hydrogens (tertiary/aromatic N) is 1. The monoisotopic (exact) mass is 241 g/mol. The molecule has 0 aliphatic carbocycles. The summed E-state index contributed by atoms with van der Waals surface area (Å²) >= 11 is 0. The molecule has 0 spiro atoms. The zero-order valence-electron chi connectivity index (χ0n) is 10.3. The fourth-order valence-corrected chi connectivity index (χ4v) is 1.80. The van der Waals surface area contributed by atoms with Gasteiger partial charge < -0.3 is 4.74 Å². The molecular weight excluding hydrogens is 226 g/mol. The summed E-state index contributed by atoms with van der Waals surface area (Å²) in [6.07, 6.45) is 2.82. The Morgan fingerprint density at radius 2 is 1.94 bits per heavy atom. The lowest BCUT2D eigenvalue weighted by atomic mass is 10.0. The summed E-state index contributed by atoms with van der Waals surface area (Å²) in [7, 11) is 1.52. The maximum Gasteiger partial charge on any atom is 0.224 e. The molecule has 0 N–H and O–H groups in total. The largest absolute Gasteiger partial charge is 0.480 e. The average Bonchev–Trinajstić information content (AvgIpc) is 2.45. The Morgan fingerprint density at radius 3 is 2.67 bits per heavy atom. The first-order chi connectivity index (χ1) is 8.81. The summed E-state index contributed by atoms with van der Waals surface area (Å²) in [4.78, 5) is 16.1. The number of benzene rings is 1. The Kier molecular flexibility index (Phi) is 4.07. The number of carbonyl (C=O) groups excluding carboxylic acids is 1. The molecule has 0 aliphatic rings. The molecule has 2 aromatic rings. The number of Topliss-reactive ketones (excluding diaryl/α,β-unsaturated/α-hetero) is 1. The highest BCUT2D eigenvalue weighted by Crippen LogP contribution is 2.16. The van der Waals surface area contributed by atoms with Crippen LogP contribution in [0.4, 0.5) is 0 Å². The molecule has 0 atom stereocenters. The number of aromatic nitrogens is 1. The number of ketones is 1. The normalized spacial score (nSPS) is 10.1. The Labute approximate surface area is 106 Å². The fraction of sp³-hybridized carbons (Fsp3) is 0.200. The third-order valence-electron chi connectivity index (χ3n) is 2.75. The van der Waals surface area contributed by atoms with Gasteiger partial charge in [0.25, 0.3) is 0 Å². The Hall–Kier alpha value is -2.16. The minimum absolute atomic E-state index is 0.0591. The van der Waals surface area contributed by atoms with Crippen molar-refractivity contribution in [3.63, 3.8) is 0 Å². The van der Waals surface area contributed by atoms with Gasteiger partial charge in [-0.25, -0.2) is 4.98 Å². The zero-order chi connectivity index (χ0) is 12.8. The lowest BCUT2D eigenvalue weighted by molar-refractivity contribution is 0.0979. The van der Waals surface area contributed by atoms with E-state index in [1.807, 2.05) is 30.3 Å². The molecular formula is C15H15NO2. The molecule has 3 heteroatoms. The minimum atomic E-state index is 0.0591. The topological polar surface area (TPSA) is 39.2 Å². The molecule has 0 saturated carbocycles. The maximum absolute atomic E-state index is 12.1. The highest BCUT2D eigenvalue weighted by atomic mass is 16.5. The first kappa shape index (κ1) is 12.3. The van der Waals surface area contributed by atoms with Crippen molar-refractivity contribution in [1.82, 2.24) is 4.98 Å². The predicted octanol–water partition coefficient (Wildman–Crippen LogP) is 2.91. The number of hydrogen-bond acceptors (Lipinski definition) is 3. The van der Waals surface area contributed by atoms with Crippen LogP contribution in [0, 0.1) is 0 Å². The third kappa shape index (κ3) is 2.94. The molecule has 0 aliphatic heterocycles. The molecule has 0 fully saturated rings. The molecule has 1 aromatic heterocycles. The van der Waals surface area contributed by atoms with Gasteiger partial charge in [-0.2, -0.15) is 0 Å². The van der Waals surface area contributed by atoms with Crippen LogP contribution < -0.4 is 4.74 Å². The van der Waals surface area contributed by atoms with E-state index in [1.165, 1.54) is 7.11 Å². The molecule has 1 aromatic carbocycles. The summed E-state index contributed by atoms with van der Waals surface area (Å²) in [6.45, 7) is 0. The van der Waals surface area contributed by atoms with Crippen LogP contribution in [0.2, 0.25) is 0 Å². The van der Waals surface area contributed by atoms with Gasteiger partial charge in [-0.1, -0.05) is 30.3 Å². The molecule has 92 valence electrons. The van der Waals surface area contributed by atoms with E-state index in [0.29, 0.717) is 17.9 Å². The average molecular weight is 241 g/mol. The molecule has 1 heterocycles. The summed E-state index contributed by atoms with van der Waals surface area (Å²) in [5.74, 6) is 0.458. The molecule has 3 nitrogen and oxygen atoms in total. The van der Waals surface area contributed by atoms with E-state index in [9.17, 15) is 4.79 Å². The van der Waals surface area contributed by atoms with Gasteiger partial charge in [0.05, 0.1) is 12.7 Å². The molecule has 0 radical (unpaired) electrons. The second kappa shape index (κ2) is 5.96. The molecule has 18 heavy (non-hydrogen) atoms. The zero-order valence-corrected chi connectivity index (χ0v) is 10.3. The summed E-state index contributed by atoms with van der Waals surface area (Å²) < 4.78 is 5.09. The van der Waals surface area contributed by atoms with Gasteiger partial charge in [0.2, 0.25) is 5.88 Å². The lowest BCUT2D eigenvalue weighted by Gasteiger charge is -2.05. The number of carbonyl (C=O) groups is 1. The number of rotatable bonds is 5. The predicted molar refractivity (Wildman–Crippen MR) is 69.9 cm³/mol. The molecule has 0 amide bonds. The summed E-state index contributed by atoms with van der Waals surface area (Å²) in [6, 6.07) is 13.5. The lowest BCUT2D eigenvalue weighted by Crippen LogP contribution is -2.04. The number of methoxy groups -OCH3 is 1. The third-order valence-corrected chi connectivity index (χ3v) is 2.75. The highest BCUT2D eigenvalue weighted by molar-refractivity contribution is 5.98. The second-order valence-electron chi connectivity index (χ2n) is 3.97. The summed E-state index contributed by atoms with van der Waals surface area (Å²) in [5.41, 5.74) is 1.71. The van der Waals surface area contributed by atoms with Crippen LogP contribution in [0.5, 0.6) is 5.88 Å². The van der Waals surface area contributed by atoms with Crippen molar-refractivity contribution in [3.05, 3.63) is 59.8 Å². The van der Waals surface area contributed by atoms with Crippen molar-refractivity contribution >= 4 is 5.78 Å². The maximum atomic E-state index is 12.1. The van der Waals surface area contributed by atoms with Gasteiger partial charge in [-0.3, -0.25) is 4.79 Å². The molecule has 0 bridgehead atoms. The van der Waals surface area contributed by atoms with Crippen molar-refractivity contribution in [2.24, 2.45) is 0 Å². The van der Waals surface area contributed by atoms with Crippen LogP contribution in [0.25, 0.3) is 0 Å². The van der Waals surface area contributed by atoms with Crippen LogP contribution in [-0.2, 0) is 6.42 Å². The van der Waals surface area contributed by atoms with Gasteiger partial charge >= 0.3 is 0 Å². The van der Waals surface area contributed by atoms with E-state index in [0.717, 1.165) is 12.0 Å². The number of aryl methyl sites for hydroxylation is 1. The van der Waals surface area contributed by atoms with Crippen LogP contribution >= 0.6 is 0 Å². The summed E-state index contributed by atoms with van der Waals surface area (Å²) in [5, 5.41) is 0. The van der Waals surface area contributed by atoms with E-state index in [1.54, 1.807) is 18.3 Å². The number of pyridine rings is 1. The van der Waals surface area contributed by atoms with E-state index < -0.39 is 0 Å². The van der Waals surface area contributed by atoms with E-state index in [4.69, 9.17) is 4.74 Å². The van der Waals surface area contributed by atoms with E-state index >= 15 is 0 Å². The Morgan fingerprint density at radius 1 is 1.17 bits per heavy atom. The van der Waals surface area contributed by atoms with Crippen molar-refractivity contribution in [2.45, 2.75) is 12.8 Å². The van der Waals surface area contributed by atoms with Crippen molar-refractivity contribution in [3.8, 4) is 5.88 Å². The quantitative estimate of drug-likeness (QED) is 0.755. The highest BCUT2D eigenvalue weighted by Gasteiger charge is 2.12. The van der Waals surface area contributed by atoms with Gasteiger partial charge in [0.1, 0.15) is 0 Å². The fourth-order valence-electron chi connectivity index (χ4n) is 1.80. The van der Waals surface area contributed by atoms with Gasteiger partial charge in [-0.15, -0.1) is 0 Å². The first-order valence-corrected chi connectivity index (χ1v) is 5.87. The molecule has 0 saturated heterocycles. The van der Waals surface area contributed by atoms with Gasteiger partial charge in [0.15, 0.2) is 5.78 Å². The van der Waals surface area contributed by atoms with E-state index in [-0.39, 0.29) is 5.78 Å². The number of ether oxygens (including phenoxy) is 1. The van der Waals surface area contributed by atoms with Crippen LogP contribution in [0.1, 0.15) is 22.3 Å².